The Bertz CT molecular complexity index is 719. The van der Waals surface area contributed by atoms with Gasteiger partial charge in [0, 0.05) is 13.0 Å². The van der Waals surface area contributed by atoms with Crippen LogP contribution < -0.4 is 5.73 Å². The van der Waals surface area contributed by atoms with Crippen LogP contribution in [0.25, 0.3) is 11.0 Å². The summed E-state index contributed by atoms with van der Waals surface area (Å²) in [6.07, 6.45) is 0.684. The zero-order valence-electron chi connectivity index (χ0n) is 11.1. The number of halogens is 1. The standard InChI is InChI=1S/C16H16FN3/c17-13-6-7-14-15(10-13)20(16(19-14)8-9-18)11-12-4-2-1-3-5-12/h1-7,10H,8-9,11,18H2. The Balaban J connectivity index is 2.10. The van der Waals surface area contributed by atoms with Crippen LogP contribution in [0.4, 0.5) is 4.39 Å². The van der Waals surface area contributed by atoms with E-state index in [1.54, 1.807) is 6.07 Å². The first-order valence-corrected chi connectivity index (χ1v) is 6.66. The van der Waals surface area contributed by atoms with Gasteiger partial charge in [-0.25, -0.2) is 9.37 Å². The van der Waals surface area contributed by atoms with Crippen LogP contribution in [0, 0.1) is 5.82 Å². The molecule has 2 N–H and O–H groups in total. The predicted molar refractivity (Wildman–Crippen MR) is 78.0 cm³/mol. The molecule has 20 heavy (non-hydrogen) atoms. The van der Waals surface area contributed by atoms with E-state index in [2.05, 4.69) is 17.1 Å². The van der Waals surface area contributed by atoms with Crippen LogP contribution in [0.1, 0.15) is 11.4 Å². The maximum absolute atomic E-state index is 13.5. The lowest BCUT2D eigenvalue weighted by atomic mass is 10.2. The van der Waals surface area contributed by atoms with Gasteiger partial charge in [-0.3, -0.25) is 0 Å². The smallest absolute Gasteiger partial charge is 0.125 e. The van der Waals surface area contributed by atoms with Gasteiger partial charge in [-0.15, -0.1) is 0 Å². The number of benzene rings is 2. The molecule has 0 bridgehead atoms. The highest BCUT2D eigenvalue weighted by atomic mass is 19.1. The van der Waals surface area contributed by atoms with Crippen molar-refractivity contribution < 1.29 is 4.39 Å². The van der Waals surface area contributed by atoms with Crippen molar-refractivity contribution in [3.05, 3.63) is 65.7 Å². The highest BCUT2D eigenvalue weighted by molar-refractivity contribution is 5.76. The molecule has 0 aliphatic carbocycles. The Morgan fingerprint density at radius 1 is 1.10 bits per heavy atom. The molecule has 1 aromatic heterocycles. The molecule has 0 spiro atoms. The van der Waals surface area contributed by atoms with Gasteiger partial charge in [0.2, 0.25) is 0 Å². The molecule has 0 aliphatic heterocycles. The van der Waals surface area contributed by atoms with Crippen LogP contribution in [0.2, 0.25) is 0 Å². The summed E-state index contributed by atoms with van der Waals surface area (Å²) in [5, 5.41) is 0. The molecule has 0 unspecified atom stereocenters. The van der Waals surface area contributed by atoms with Gasteiger partial charge in [0.05, 0.1) is 11.0 Å². The Hall–Kier alpha value is -2.20. The summed E-state index contributed by atoms with van der Waals surface area (Å²) in [6, 6.07) is 14.8. The van der Waals surface area contributed by atoms with Crippen molar-refractivity contribution in [1.29, 1.82) is 0 Å². The van der Waals surface area contributed by atoms with E-state index in [1.807, 2.05) is 22.8 Å². The van der Waals surface area contributed by atoms with Gasteiger partial charge in [-0.05, 0) is 30.3 Å². The number of imidazole rings is 1. The SMILES string of the molecule is NCCc1nc2ccc(F)cc2n1Cc1ccccc1. The third-order valence-electron chi connectivity index (χ3n) is 3.34. The predicted octanol–water partition coefficient (Wildman–Crippen LogP) is 2.72. The maximum atomic E-state index is 13.5. The molecular formula is C16H16FN3. The van der Waals surface area contributed by atoms with Crippen LogP contribution in [-0.4, -0.2) is 16.1 Å². The second kappa shape index (κ2) is 5.43. The lowest BCUT2D eigenvalue weighted by Crippen LogP contribution is -2.10. The van der Waals surface area contributed by atoms with Crippen LogP contribution >= 0.6 is 0 Å². The molecule has 3 nitrogen and oxygen atoms in total. The van der Waals surface area contributed by atoms with Crippen molar-refractivity contribution in [3.8, 4) is 0 Å². The van der Waals surface area contributed by atoms with Crippen molar-refractivity contribution in [3.63, 3.8) is 0 Å². The van der Waals surface area contributed by atoms with Gasteiger partial charge >= 0.3 is 0 Å². The van der Waals surface area contributed by atoms with Gasteiger partial charge in [-0.2, -0.15) is 0 Å². The number of nitrogens with zero attached hydrogens (tertiary/aromatic N) is 2. The van der Waals surface area contributed by atoms with E-state index in [-0.39, 0.29) is 5.82 Å². The number of nitrogens with two attached hydrogens (primary N) is 1. The van der Waals surface area contributed by atoms with Gasteiger partial charge in [0.25, 0.3) is 0 Å². The van der Waals surface area contributed by atoms with Crippen LogP contribution in [-0.2, 0) is 13.0 Å². The van der Waals surface area contributed by atoms with Crippen molar-refractivity contribution in [2.75, 3.05) is 6.54 Å². The minimum absolute atomic E-state index is 0.244. The molecular weight excluding hydrogens is 253 g/mol. The third kappa shape index (κ3) is 2.42. The van der Waals surface area contributed by atoms with Crippen LogP contribution in [0.3, 0.4) is 0 Å². The van der Waals surface area contributed by atoms with Gasteiger partial charge < -0.3 is 10.3 Å². The largest absolute Gasteiger partial charge is 0.330 e. The fourth-order valence-corrected chi connectivity index (χ4v) is 2.41. The minimum Gasteiger partial charge on any atom is -0.330 e. The van der Waals surface area contributed by atoms with Gasteiger partial charge in [0.1, 0.15) is 11.6 Å². The Morgan fingerprint density at radius 2 is 1.90 bits per heavy atom. The molecule has 3 rings (SSSR count). The van der Waals surface area contributed by atoms with Gasteiger partial charge in [0.15, 0.2) is 0 Å². The summed E-state index contributed by atoms with van der Waals surface area (Å²) in [5.74, 6) is 0.656. The summed E-state index contributed by atoms with van der Waals surface area (Å²) < 4.78 is 15.5. The number of hydrogen-bond acceptors (Lipinski definition) is 2. The summed E-state index contributed by atoms with van der Waals surface area (Å²) >= 11 is 0. The highest BCUT2D eigenvalue weighted by Gasteiger charge is 2.11. The zero-order chi connectivity index (χ0) is 13.9. The summed E-state index contributed by atoms with van der Waals surface area (Å²) in [6.45, 7) is 1.21. The van der Waals surface area contributed by atoms with Gasteiger partial charge in [-0.1, -0.05) is 30.3 Å². The quantitative estimate of drug-likeness (QED) is 0.791. The minimum atomic E-state index is -0.244. The Morgan fingerprint density at radius 3 is 2.65 bits per heavy atom. The average Bonchev–Trinajstić information content (AvgIpc) is 2.78. The molecule has 2 aromatic carbocycles. The summed E-state index contributed by atoms with van der Waals surface area (Å²) in [4.78, 5) is 4.56. The van der Waals surface area contributed by atoms with E-state index in [0.29, 0.717) is 19.5 Å². The fourth-order valence-electron chi connectivity index (χ4n) is 2.41. The second-order valence-electron chi connectivity index (χ2n) is 4.77. The monoisotopic (exact) mass is 269 g/mol. The number of hydrogen-bond donors (Lipinski definition) is 1. The van der Waals surface area contributed by atoms with Crippen LogP contribution in [0.15, 0.2) is 48.5 Å². The third-order valence-corrected chi connectivity index (χ3v) is 3.34. The molecule has 0 aliphatic rings. The molecule has 0 fully saturated rings. The van der Waals surface area contributed by atoms with E-state index >= 15 is 0 Å². The molecule has 0 amide bonds. The summed E-state index contributed by atoms with van der Waals surface area (Å²) in [5.41, 5.74) is 8.44. The number of rotatable bonds is 4. The lowest BCUT2D eigenvalue weighted by Gasteiger charge is -2.09. The molecule has 0 saturated heterocycles. The molecule has 0 saturated carbocycles. The first-order valence-electron chi connectivity index (χ1n) is 6.66. The fraction of sp³-hybridized carbons (Fsp3) is 0.188. The molecule has 3 aromatic rings. The number of fused-ring (bicyclic) bond motifs is 1. The van der Waals surface area contributed by atoms with Crippen molar-refractivity contribution in [2.45, 2.75) is 13.0 Å². The van der Waals surface area contributed by atoms with E-state index in [9.17, 15) is 4.39 Å². The van der Waals surface area contributed by atoms with Crippen molar-refractivity contribution in [2.24, 2.45) is 5.73 Å². The topological polar surface area (TPSA) is 43.8 Å². The van der Waals surface area contributed by atoms with Crippen LogP contribution in [0.5, 0.6) is 0 Å². The Labute approximate surface area is 116 Å². The van der Waals surface area contributed by atoms with Crippen molar-refractivity contribution >= 4 is 11.0 Å². The maximum Gasteiger partial charge on any atom is 0.125 e. The Kier molecular flexibility index (Phi) is 3.48. The molecule has 1 heterocycles. The molecule has 102 valence electrons. The van der Waals surface area contributed by atoms with Crippen molar-refractivity contribution in [1.82, 2.24) is 9.55 Å². The first-order chi connectivity index (χ1) is 9.78. The normalized spacial score (nSPS) is 11.1. The second-order valence-corrected chi connectivity index (χ2v) is 4.77. The van der Waals surface area contributed by atoms with E-state index in [4.69, 9.17) is 5.73 Å². The van der Waals surface area contributed by atoms with E-state index in [1.165, 1.54) is 12.1 Å². The lowest BCUT2D eigenvalue weighted by molar-refractivity contribution is 0.628. The zero-order valence-corrected chi connectivity index (χ0v) is 11.1. The van der Waals surface area contributed by atoms with E-state index in [0.717, 1.165) is 22.4 Å². The number of aromatic nitrogens is 2. The molecule has 0 atom stereocenters. The van der Waals surface area contributed by atoms with E-state index < -0.39 is 0 Å². The molecule has 4 heteroatoms. The first kappa shape index (κ1) is 12.8. The molecule has 0 radical (unpaired) electrons. The summed E-state index contributed by atoms with van der Waals surface area (Å²) in [7, 11) is 0. The highest BCUT2D eigenvalue weighted by Crippen LogP contribution is 2.19. The average molecular weight is 269 g/mol.